The zero-order valence-corrected chi connectivity index (χ0v) is 71.0. The highest BCUT2D eigenvalue weighted by Crippen LogP contribution is 2.45. The van der Waals surface area contributed by atoms with Crippen LogP contribution in [0.4, 0.5) is 0 Å². The second-order valence-corrected chi connectivity index (χ2v) is 34.5. The van der Waals surface area contributed by atoms with E-state index >= 15 is 0 Å². The molecule has 19 heteroatoms. The van der Waals surface area contributed by atoms with Crippen molar-refractivity contribution in [1.29, 1.82) is 0 Å². The third-order valence-corrected chi connectivity index (χ3v) is 21.7. The molecule has 0 fully saturated rings. The summed E-state index contributed by atoms with van der Waals surface area (Å²) in [6.45, 7) is 9.61. The van der Waals surface area contributed by atoms with Crippen LogP contribution in [-0.4, -0.2) is 96.7 Å². The van der Waals surface area contributed by atoms with E-state index in [1.165, 1.54) is 244 Å². The molecule has 0 aromatic heterocycles. The molecule has 0 aromatic carbocycles. The molecule has 3 N–H and O–H groups in total. The van der Waals surface area contributed by atoms with Crippen LogP contribution < -0.4 is 0 Å². The molecule has 0 rings (SSSR count). The number of aliphatic hydroxyl groups excluding tert-OH is 1. The van der Waals surface area contributed by atoms with Crippen LogP contribution in [0.3, 0.4) is 0 Å². The molecular weight excluding hydrogens is 1380 g/mol. The van der Waals surface area contributed by atoms with Gasteiger partial charge in [0.1, 0.15) is 19.3 Å². The fourth-order valence-corrected chi connectivity index (χ4v) is 14.6. The molecule has 106 heavy (non-hydrogen) atoms. The smallest absolute Gasteiger partial charge is 0.462 e. The van der Waals surface area contributed by atoms with Crippen LogP contribution in [0.25, 0.3) is 0 Å². The molecular formula is C87H166O17P2. The first-order valence-electron chi connectivity index (χ1n) is 44.3. The first kappa shape index (κ1) is 104. The summed E-state index contributed by atoms with van der Waals surface area (Å²) < 4.78 is 68.9. The van der Waals surface area contributed by atoms with Crippen LogP contribution in [0, 0.1) is 11.8 Å². The summed E-state index contributed by atoms with van der Waals surface area (Å²) in [6.07, 6.45) is 73.1. The number of hydrogen-bond acceptors (Lipinski definition) is 15. The van der Waals surface area contributed by atoms with Gasteiger partial charge in [-0.25, -0.2) is 9.13 Å². The SMILES string of the molecule is CCCCCC/C=C\C=C/CCCCCCCC(=O)O[C@H](COC(=O)CCCCCCCCCCCC(C)C)COP(=O)(O)OC[C@H](O)COP(=O)(O)OC[C@@H](COC(=O)CCCCCCCCCCCCCCCCCC(C)C)OC(=O)CCCCCCCCCCCCCCCCCCCCCCC. The van der Waals surface area contributed by atoms with Gasteiger partial charge < -0.3 is 33.8 Å². The zero-order chi connectivity index (χ0) is 77.8. The number of esters is 4. The lowest BCUT2D eigenvalue weighted by atomic mass is 10.0. The van der Waals surface area contributed by atoms with E-state index in [0.717, 1.165) is 115 Å². The summed E-state index contributed by atoms with van der Waals surface area (Å²) in [5.41, 5.74) is 0. The topological polar surface area (TPSA) is 237 Å². The lowest BCUT2D eigenvalue weighted by Gasteiger charge is -2.21. The Kier molecular flexibility index (Phi) is 76.0. The minimum Gasteiger partial charge on any atom is -0.462 e. The maximum Gasteiger partial charge on any atom is 0.472 e. The van der Waals surface area contributed by atoms with Crippen molar-refractivity contribution < 1.29 is 80.2 Å². The second-order valence-electron chi connectivity index (χ2n) is 31.5. The lowest BCUT2D eigenvalue weighted by Crippen LogP contribution is -2.30. The number of allylic oxidation sites excluding steroid dienone is 4. The quantitative estimate of drug-likeness (QED) is 0.0169. The highest BCUT2D eigenvalue weighted by atomic mass is 31.2. The number of ether oxygens (including phenoxy) is 4. The predicted octanol–water partition coefficient (Wildman–Crippen LogP) is 26.2. The number of phosphoric ester groups is 2. The largest absolute Gasteiger partial charge is 0.472 e. The van der Waals surface area contributed by atoms with Gasteiger partial charge in [-0.2, -0.15) is 0 Å². The fourth-order valence-electron chi connectivity index (χ4n) is 13.1. The molecule has 0 radical (unpaired) electrons. The number of carbonyl (C=O) groups is 4. The zero-order valence-electron chi connectivity index (χ0n) is 69.2. The fraction of sp³-hybridized carbons (Fsp3) is 0.908. The van der Waals surface area contributed by atoms with Gasteiger partial charge in [0.25, 0.3) is 0 Å². The molecule has 0 bridgehead atoms. The molecule has 0 amide bonds. The Morgan fingerprint density at radius 2 is 0.509 bits per heavy atom. The third-order valence-electron chi connectivity index (χ3n) is 19.8. The van der Waals surface area contributed by atoms with Crippen molar-refractivity contribution in [1.82, 2.24) is 0 Å². The average Bonchev–Trinajstić information content (AvgIpc) is 0.889. The number of rotatable bonds is 84. The van der Waals surface area contributed by atoms with Crippen LogP contribution in [0.5, 0.6) is 0 Å². The highest BCUT2D eigenvalue weighted by Gasteiger charge is 2.30. The van der Waals surface area contributed by atoms with E-state index in [2.05, 4.69) is 65.8 Å². The molecule has 5 atom stereocenters. The van der Waals surface area contributed by atoms with Gasteiger partial charge >= 0.3 is 39.5 Å². The number of aliphatic hydroxyl groups is 1. The van der Waals surface area contributed by atoms with Crippen molar-refractivity contribution in [2.75, 3.05) is 39.6 Å². The number of phosphoric acid groups is 2. The molecule has 626 valence electrons. The summed E-state index contributed by atoms with van der Waals surface area (Å²) in [6, 6.07) is 0. The first-order chi connectivity index (χ1) is 51.4. The molecule has 0 aliphatic heterocycles. The van der Waals surface area contributed by atoms with Gasteiger partial charge in [0, 0.05) is 25.7 Å². The molecule has 0 spiro atoms. The van der Waals surface area contributed by atoms with Gasteiger partial charge in [0.05, 0.1) is 26.4 Å². The van der Waals surface area contributed by atoms with Crippen LogP contribution >= 0.6 is 15.6 Å². The van der Waals surface area contributed by atoms with E-state index in [-0.39, 0.29) is 25.7 Å². The summed E-state index contributed by atoms with van der Waals surface area (Å²) in [5.74, 6) is -0.586. The monoisotopic (exact) mass is 1550 g/mol. The van der Waals surface area contributed by atoms with Gasteiger partial charge in [-0.15, -0.1) is 0 Å². The van der Waals surface area contributed by atoms with Gasteiger partial charge in [-0.1, -0.05) is 387 Å². The Bertz CT molecular complexity index is 2120. The van der Waals surface area contributed by atoms with E-state index < -0.39 is 97.5 Å². The van der Waals surface area contributed by atoms with Gasteiger partial charge in [0.15, 0.2) is 12.2 Å². The van der Waals surface area contributed by atoms with Crippen LogP contribution in [-0.2, 0) is 65.4 Å². The predicted molar refractivity (Wildman–Crippen MR) is 437 cm³/mol. The Balaban J connectivity index is 5.28. The van der Waals surface area contributed by atoms with Crippen LogP contribution in [0.15, 0.2) is 24.3 Å². The van der Waals surface area contributed by atoms with Crippen molar-refractivity contribution in [2.24, 2.45) is 11.8 Å². The van der Waals surface area contributed by atoms with E-state index in [1.54, 1.807) is 0 Å². The summed E-state index contributed by atoms with van der Waals surface area (Å²) >= 11 is 0. The van der Waals surface area contributed by atoms with Crippen molar-refractivity contribution in [3.63, 3.8) is 0 Å². The van der Waals surface area contributed by atoms with Gasteiger partial charge in [-0.05, 0) is 63.2 Å². The summed E-state index contributed by atoms with van der Waals surface area (Å²) in [4.78, 5) is 73.2. The number of unbranched alkanes of at least 4 members (excludes halogenated alkanes) is 51. The Morgan fingerprint density at radius 1 is 0.292 bits per heavy atom. The van der Waals surface area contributed by atoms with E-state index in [1.807, 2.05) is 0 Å². The first-order valence-corrected chi connectivity index (χ1v) is 47.3. The molecule has 0 saturated carbocycles. The summed E-state index contributed by atoms with van der Waals surface area (Å²) in [5, 5.41) is 10.7. The second kappa shape index (κ2) is 77.8. The Labute approximate surface area is 650 Å². The van der Waals surface area contributed by atoms with Gasteiger partial charge in [-0.3, -0.25) is 37.3 Å². The minimum absolute atomic E-state index is 0.0850. The molecule has 0 aliphatic carbocycles. The van der Waals surface area contributed by atoms with E-state index in [4.69, 9.17) is 37.0 Å². The highest BCUT2D eigenvalue weighted by molar-refractivity contribution is 7.47. The Hall–Kier alpha value is -2.46. The third kappa shape index (κ3) is 79.6. The van der Waals surface area contributed by atoms with Crippen LogP contribution in [0.2, 0.25) is 0 Å². The van der Waals surface area contributed by atoms with Crippen molar-refractivity contribution in [3.8, 4) is 0 Å². The van der Waals surface area contributed by atoms with Crippen molar-refractivity contribution in [2.45, 2.75) is 458 Å². The Morgan fingerprint density at radius 3 is 0.774 bits per heavy atom. The number of carbonyl (C=O) groups excluding carboxylic acids is 4. The van der Waals surface area contributed by atoms with Crippen LogP contribution in [0.1, 0.15) is 440 Å². The van der Waals surface area contributed by atoms with Gasteiger partial charge in [0.2, 0.25) is 0 Å². The lowest BCUT2D eigenvalue weighted by molar-refractivity contribution is -0.161. The maximum absolute atomic E-state index is 13.2. The number of hydrogen-bond donors (Lipinski definition) is 3. The maximum atomic E-state index is 13.2. The average molecular weight is 1550 g/mol. The summed E-state index contributed by atoms with van der Waals surface area (Å²) in [7, 11) is -9.94. The van der Waals surface area contributed by atoms with Crippen molar-refractivity contribution >= 4 is 39.5 Å². The standard InChI is InChI=1S/C87H166O17P2/c1-7-9-11-13-15-17-19-21-23-24-25-26-27-28-32-37-41-47-54-60-66-72-87(92)103-82(75-97-84(89)69-63-57-51-45-39-35-33-29-31-34-38-43-49-55-61-67-79(3)4)77-101-105(93,94)99-73-81(88)74-100-106(95,96)102-78-83(76-98-85(90)70-64-58-52-48-42-44-50-56-62-68-80(5)6)104-86(91)71-65-59-53-46-40-36-30-22-20-18-16-14-12-10-8-2/h18,20,22,30,79-83,88H,7-17,19,21,23-29,31-78H2,1-6H3,(H,93,94)(H,95,96)/b20-18-,30-22-/t81-,82-,83-/m1/s1. The molecule has 0 saturated heterocycles. The normalized spacial score (nSPS) is 14.0. The minimum atomic E-state index is -4.97. The molecule has 0 heterocycles. The van der Waals surface area contributed by atoms with E-state index in [9.17, 15) is 43.2 Å². The molecule has 17 nitrogen and oxygen atoms in total. The molecule has 2 unspecified atom stereocenters. The molecule has 0 aliphatic rings. The molecule has 0 aromatic rings. The van der Waals surface area contributed by atoms with E-state index in [0.29, 0.717) is 25.7 Å². The van der Waals surface area contributed by atoms with Crippen molar-refractivity contribution in [3.05, 3.63) is 24.3 Å².